The molecule has 2 aromatic rings. The van der Waals surface area contributed by atoms with Crippen LogP contribution in [0.25, 0.3) is 11.0 Å². The summed E-state index contributed by atoms with van der Waals surface area (Å²) in [6.45, 7) is 0.00899. The Morgan fingerprint density at radius 2 is 2.09 bits per heavy atom. The first-order valence-electron chi connectivity index (χ1n) is 7.29. The Bertz CT molecular complexity index is 751. The van der Waals surface area contributed by atoms with Gasteiger partial charge in [-0.15, -0.1) is 0 Å². The molecule has 0 spiro atoms. The van der Waals surface area contributed by atoms with Crippen molar-refractivity contribution in [3.8, 4) is 0 Å². The number of aromatic nitrogens is 2. The molecule has 22 heavy (non-hydrogen) atoms. The first-order valence-corrected chi connectivity index (χ1v) is 7.29. The van der Waals surface area contributed by atoms with Gasteiger partial charge in [0, 0.05) is 18.9 Å². The number of H-pyrrole nitrogens is 2. The number of benzene rings is 1. The van der Waals surface area contributed by atoms with Crippen LogP contribution in [-0.4, -0.2) is 28.3 Å². The highest BCUT2D eigenvalue weighted by Gasteiger charge is 2.43. The van der Waals surface area contributed by atoms with E-state index >= 15 is 0 Å². The van der Waals surface area contributed by atoms with Gasteiger partial charge in [-0.1, -0.05) is 6.07 Å². The second-order valence-corrected chi connectivity index (χ2v) is 5.79. The van der Waals surface area contributed by atoms with Gasteiger partial charge >= 0.3 is 5.69 Å². The molecule has 1 amide bonds. The van der Waals surface area contributed by atoms with E-state index in [0.717, 1.165) is 5.56 Å². The Balaban J connectivity index is 1.59. The zero-order valence-corrected chi connectivity index (χ0v) is 11.9. The summed E-state index contributed by atoms with van der Waals surface area (Å²) in [5, 5.41) is 2.58. The molecular formula is C15H17F2N3O2. The lowest BCUT2D eigenvalue weighted by atomic mass is 10.1. The molecule has 118 valence electrons. The third-order valence-corrected chi connectivity index (χ3v) is 4.15. The number of rotatable bonds is 4. The van der Waals surface area contributed by atoms with Gasteiger partial charge in [0.2, 0.25) is 5.91 Å². The van der Waals surface area contributed by atoms with Gasteiger partial charge in [-0.25, -0.2) is 13.6 Å². The van der Waals surface area contributed by atoms with Gasteiger partial charge in [-0.05, 0) is 30.5 Å². The van der Waals surface area contributed by atoms with Gasteiger partial charge in [0.15, 0.2) is 0 Å². The minimum absolute atomic E-state index is 0.00899. The first kappa shape index (κ1) is 14.7. The molecule has 0 saturated heterocycles. The van der Waals surface area contributed by atoms with E-state index in [-0.39, 0.29) is 31.0 Å². The van der Waals surface area contributed by atoms with Crippen LogP contribution in [0, 0.1) is 5.92 Å². The third kappa shape index (κ3) is 3.03. The summed E-state index contributed by atoms with van der Waals surface area (Å²) in [4.78, 5) is 28.3. The zero-order valence-electron chi connectivity index (χ0n) is 11.9. The summed E-state index contributed by atoms with van der Waals surface area (Å²) < 4.78 is 26.9. The molecule has 5 nitrogen and oxygen atoms in total. The van der Waals surface area contributed by atoms with Crippen molar-refractivity contribution in [1.82, 2.24) is 15.3 Å². The van der Waals surface area contributed by atoms with Gasteiger partial charge < -0.3 is 15.3 Å². The van der Waals surface area contributed by atoms with Crippen molar-refractivity contribution in [3.05, 3.63) is 34.2 Å². The molecule has 0 aliphatic heterocycles. The Labute approximate surface area is 125 Å². The van der Waals surface area contributed by atoms with Crippen LogP contribution < -0.4 is 11.0 Å². The highest BCUT2D eigenvalue weighted by molar-refractivity contribution is 5.81. The molecule has 1 aromatic carbocycles. The summed E-state index contributed by atoms with van der Waals surface area (Å²) in [6, 6.07) is 5.15. The average Bonchev–Trinajstić information content (AvgIpc) is 2.97. The van der Waals surface area contributed by atoms with Crippen molar-refractivity contribution < 1.29 is 13.6 Å². The minimum atomic E-state index is -2.67. The van der Waals surface area contributed by atoms with Crippen LogP contribution in [0.4, 0.5) is 8.78 Å². The maximum atomic E-state index is 13.5. The lowest BCUT2D eigenvalue weighted by molar-refractivity contribution is -0.121. The van der Waals surface area contributed by atoms with E-state index in [4.69, 9.17) is 0 Å². The fraction of sp³-hybridized carbons (Fsp3) is 0.467. The molecule has 1 heterocycles. The van der Waals surface area contributed by atoms with Crippen LogP contribution in [0.2, 0.25) is 0 Å². The van der Waals surface area contributed by atoms with E-state index < -0.39 is 11.8 Å². The topological polar surface area (TPSA) is 77.8 Å². The Morgan fingerprint density at radius 3 is 2.82 bits per heavy atom. The number of hydrogen-bond donors (Lipinski definition) is 3. The van der Waals surface area contributed by atoms with E-state index in [9.17, 15) is 18.4 Å². The lowest BCUT2D eigenvalue weighted by Crippen LogP contribution is -2.36. The third-order valence-electron chi connectivity index (χ3n) is 4.15. The molecule has 1 aliphatic carbocycles. The second kappa shape index (κ2) is 5.55. The molecule has 1 unspecified atom stereocenters. The number of halogens is 2. The summed E-state index contributed by atoms with van der Waals surface area (Å²) in [7, 11) is 0. The molecule has 1 aliphatic rings. The highest BCUT2D eigenvalue weighted by Crippen LogP contribution is 2.39. The minimum Gasteiger partial charge on any atom is -0.355 e. The fourth-order valence-electron chi connectivity index (χ4n) is 2.93. The van der Waals surface area contributed by atoms with Crippen molar-refractivity contribution in [3.63, 3.8) is 0 Å². The monoisotopic (exact) mass is 309 g/mol. The largest absolute Gasteiger partial charge is 0.355 e. The second-order valence-electron chi connectivity index (χ2n) is 5.79. The Kier molecular flexibility index (Phi) is 3.72. The number of imidazole rings is 1. The maximum Gasteiger partial charge on any atom is 0.323 e. The highest BCUT2D eigenvalue weighted by atomic mass is 19.3. The average molecular weight is 309 g/mol. The molecule has 1 fully saturated rings. The van der Waals surface area contributed by atoms with Crippen molar-refractivity contribution in [2.45, 2.75) is 31.6 Å². The number of carbonyl (C=O) groups is 1. The van der Waals surface area contributed by atoms with Gasteiger partial charge in [0.1, 0.15) is 0 Å². The maximum absolute atomic E-state index is 13.5. The number of hydrogen-bond acceptors (Lipinski definition) is 2. The van der Waals surface area contributed by atoms with E-state index in [1.807, 2.05) is 0 Å². The molecule has 3 rings (SSSR count). The fourth-order valence-corrected chi connectivity index (χ4v) is 2.93. The van der Waals surface area contributed by atoms with Gasteiger partial charge in [-0.3, -0.25) is 4.79 Å². The Morgan fingerprint density at radius 1 is 1.32 bits per heavy atom. The number of alkyl halides is 2. The molecule has 3 N–H and O–H groups in total. The number of carbonyl (C=O) groups excluding carboxylic acids is 1. The van der Waals surface area contributed by atoms with Gasteiger partial charge in [0.25, 0.3) is 5.92 Å². The number of fused-ring (bicyclic) bond motifs is 1. The van der Waals surface area contributed by atoms with E-state index in [1.165, 1.54) is 0 Å². The Hall–Kier alpha value is -2.18. The van der Waals surface area contributed by atoms with Crippen molar-refractivity contribution in [2.75, 3.05) is 6.54 Å². The predicted molar refractivity (Wildman–Crippen MR) is 77.9 cm³/mol. The van der Waals surface area contributed by atoms with Crippen LogP contribution in [0.15, 0.2) is 23.0 Å². The van der Waals surface area contributed by atoms with Gasteiger partial charge in [0.05, 0.1) is 17.5 Å². The van der Waals surface area contributed by atoms with Crippen molar-refractivity contribution in [2.24, 2.45) is 5.92 Å². The SMILES string of the molecule is O=C(Cc1ccc2[nH]c(=O)[nH]c2c1)NCC1CCCC1(F)F. The van der Waals surface area contributed by atoms with Gasteiger partial charge in [-0.2, -0.15) is 0 Å². The summed E-state index contributed by atoms with van der Waals surface area (Å²) >= 11 is 0. The van der Waals surface area contributed by atoms with Crippen LogP contribution in [0.3, 0.4) is 0 Å². The summed E-state index contributed by atoms with van der Waals surface area (Å²) in [5.41, 5.74) is 1.70. The first-order chi connectivity index (χ1) is 10.4. The smallest absolute Gasteiger partial charge is 0.323 e. The number of aromatic amines is 2. The van der Waals surface area contributed by atoms with Crippen molar-refractivity contribution >= 4 is 16.9 Å². The zero-order chi connectivity index (χ0) is 15.7. The van der Waals surface area contributed by atoms with Crippen molar-refractivity contribution in [1.29, 1.82) is 0 Å². The summed E-state index contributed by atoms with van der Waals surface area (Å²) in [6.07, 6.45) is 0.960. The number of amides is 1. The van der Waals surface area contributed by atoms with Crippen LogP contribution in [0.5, 0.6) is 0 Å². The standard InChI is InChI=1S/C15H17F2N3O2/c16-15(17)5-1-2-10(15)8-18-13(21)7-9-3-4-11-12(6-9)20-14(22)19-11/h3-4,6,10H,1-2,5,7-8H2,(H,18,21)(H2,19,20,22). The normalized spacial score (nSPS) is 20.4. The molecule has 0 bridgehead atoms. The van der Waals surface area contributed by atoms with Crippen LogP contribution in [0.1, 0.15) is 24.8 Å². The van der Waals surface area contributed by atoms with E-state index in [1.54, 1.807) is 18.2 Å². The molecule has 1 aromatic heterocycles. The molecule has 1 atom stereocenters. The van der Waals surface area contributed by atoms with E-state index in [0.29, 0.717) is 23.9 Å². The quantitative estimate of drug-likeness (QED) is 0.807. The molecule has 1 saturated carbocycles. The van der Waals surface area contributed by atoms with Crippen LogP contribution in [-0.2, 0) is 11.2 Å². The predicted octanol–water partition coefficient (Wildman–Crippen LogP) is 1.95. The van der Waals surface area contributed by atoms with Crippen LogP contribution >= 0.6 is 0 Å². The molecule has 0 radical (unpaired) electrons. The lowest BCUT2D eigenvalue weighted by Gasteiger charge is -2.19. The number of nitrogens with one attached hydrogen (secondary N) is 3. The summed E-state index contributed by atoms with van der Waals surface area (Å²) in [5.74, 6) is -3.73. The molecular weight excluding hydrogens is 292 g/mol. The van der Waals surface area contributed by atoms with E-state index in [2.05, 4.69) is 15.3 Å². The molecule has 7 heteroatoms.